The van der Waals surface area contributed by atoms with E-state index in [0.717, 1.165) is 16.9 Å². The molecule has 1 amide bonds. The summed E-state index contributed by atoms with van der Waals surface area (Å²) in [6, 6.07) is 22.8. The van der Waals surface area contributed by atoms with Crippen molar-refractivity contribution in [3.05, 3.63) is 83.9 Å². The molecule has 1 heterocycles. The molecule has 0 saturated heterocycles. The van der Waals surface area contributed by atoms with Gasteiger partial charge in [0.2, 0.25) is 0 Å². The summed E-state index contributed by atoms with van der Waals surface area (Å²) in [5.41, 5.74) is 3.11. The number of carbonyl (C=O) groups excluding carboxylic acids is 1. The van der Waals surface area contributed by atoms with Gasteiger partial charge in [-0.2, -0.15) is 0 Å². The van der Waals surface area contributed by atoms with Crippen LogP contribution in [0.3, 0.4) is 0 Å². The Hall–Kier alpha value is -3.47. The molecule has 0 bridgehead atoms. The van der Waals surface area contributed by atoms with E-state index >= 15 is 0 Å². The highest BCUT2D eigenvalue weighted by molar-refractivity contribution is 6.12. The van der Waals surface area contributed by atoms with Gasteiger partial charge in [0.25, 0.3) is 5.91 Å². The van der Waals surface area contributed by atoms with Crippen molar-refractivity contribution in [1.29, 1.82) is 0 Å². The molecule has 1 N–H and O–H groups in total. The first-order valence-electron chi connectivity index (χ1n) is 8.69. The Bertz CT molecular complexity index is 972. The van der Waals surface area contributed by atoms with Gasteiger partial charge < -0.3 is 14.8 Å². The van der Waals surface area contributed by atoms with E-state index in [2.05, 4.69) is 5.32 Å². The summed E-state index contributed by atoms with van der Waals surface area (Å²) < 4.78 is 10.9. The molecule has 136 valence electrons. The maximum atomic E-state index is 13.3. The molecule has 3 aromatic carbocycles. The molecule has 3 aromatic rings. The van der Waals surface area contributed by atoms with Crippen LogP contribution in [-0.4, -0.2) is 20.1 Å². The number of nitrogens with zero attached hydrogens (tertiary/aromatic N) is 1. The molecule has 0 unspecified atom stereocenters. The van der Waals surface area contributed by atoms with E-state index in [1.165, 1.54) is 0 Å². The van der Waals surface area contributed by atoms with Crippen molar-refractivity contribution in [1.82, 2.24) is 0 Å². The number of hydrogen-bond donors (Lipinski definition) is 1. The van der Waals surface area contributed by atoms with Crippen molar-refractivity contribution >= 4 is 17.3 Å². The molecule has 0 spiro atoms. The first kappa shape index (κ1) is 17.0. The van der Waals surface area contributed by atoms with Gasteiger partial charge >= 0.3 is 0 Å². The van der Waals surface area contributed by atoms with Crippen LogP contribution in [0.1, 0.15) is 22.1 Å². The normalized spacial score (nSPS) is 15.7. The van der Waals surface area contributed by atoms with Crippen molar-refractivity contribution in [3.63, 3.8) is 0 Å². The second kappa shape index (κ2) is 7.03. The molecular formula is C22H20N2O3. The SMILES string of the molecule is COc1ccc([C@@H]2Nc3ccccc3C(=O)N2c2ccccc2)c(OC)c1. The standard InChI is InChI=1S/C22H20N2O3/c1-26-16-12-13-18(20(14-16)27-2)21-23-19-11-7-6-10-17(19)22(25)24(21)15-8-4-3-5-9-15/h3-14,21,23H,1-2H3/t21-/m1/s1. The first-order chi connectivity index (χ1) is 13.2. The molecule has 0 fully saturated rings. The van der Waals surface area contributed by atoms with E-state index < -0.39 is 6.17 Å². The summed E-state index contributed by atoms with van der Waals surface area (Å²) in [4.78, 5) is 15.1. The summed E-state index contributed by atoms with van der Waals surface area (Å²) >= 11 is 0. The highest BCUT2D eigenvalue weighted by Gasteiger charge is 2.35. The van der Waals surface area contributed by atoms with Gasteiger partial charge in [-0.1, -0.05) is 30.3 Å². The van der Waals surface area contributed by atoms with Crippen molar-refractivity contribution in [2.24, 2.45) is 0 Å². The minimum absolute atomic E-state index is 0.0570. The van der Waals surface area contributed by atoms with Crippen molar-refractivity contribution in [2.75, 3.05) is 24.4 Å². The molecule has 1 atom stereocenters. The molecule has 5 nitrogen and oxygen atoms in total. The molecule has 1 aliphatic heterocycles. The molecule has 1 aliphatic rings. The zero-order chi connectivity index (χ0) is 18.8. The fourth-order valence-electron chi connectivity index (χ4n) is 3.37. The molecule has 0 radical (unpaired) electrons. The number of nitrogens with one attached hydrogen (secondary N) is 1. The number of fused-ring (bicyclic) bond motifs is 1. The summed E-state index contributed by atoms with van der Waals surface area (Å²) in [7, 11) is 3.23. The molecule has 5 heteroatoms. The number of rotatable bonds is 4. The zero-order valence-electron chi connectivity index (χ0n) is 15.2. The van der Waals surface area contributed by atoms with Gasteiger partial charge in [-0.25, -0.2) is 0 Å². The smallest absolute Gasteiger partial charge is 0.262 e. The average molecular weight is 360 g/mol. The monoisotopic (exact) mass is 360 g/mol. The van der Waals surface area contributed by atoms with Crippen LogP contribution in [0.4, 0.5) is 11.4 Å². The van der Waals surface area contributed by atoms with Crippen LogP contribution in [0.15, 0.2) is 72.8 Å². The number of para-hydroxylation sites is 2. The number of benzene rings is 3. The maximum Gasteiger partial charge on any atom is 0.262 e. The van der Waals surface area contributed by atoms with Crippen LogP contribution in [0.2, 0.25) is 0 Å². The summed E-state index contributed by atoms with van der Waals surface area (Å²) in [5, 5.41) is 3.49. The lowest BCUT2D eigenvalue weighted by Gasteiger charge is -2.38. The average Bonchev–Trinajstić information content (AvgIpc) is 2.73. The van der Waals surface area contributed by atoms with Crippen molar-refractivity contribution in [2.45, 2.75) is 6.17 Å². The maximum absolute atomic E-state index is 13.3. The fourth-order valence-corrected chi connectivity index (χ4v) is 3.37. The predicted octanol–water partition coefficient (Wildman–Crippen LogP) is 4.47. The Morgan fingerprint density at radius 3 is 2.37 bits per heavy atom. The van der Waals surface area contributed by atoms with Gasteiger partial charge in [-0.3, -0.25) is 9.69 Å². The highest BCUT2D eigenvalue weighted by Crippen LogP contribution is 2.40. The van der Waals surface area contributed by atoms with Crippen LogP contribution in [0.5, 0.6) is 11.5 Å². The van der Waals surface area contributed by atoms with Crippen LogP contribution in [-0.2, 0) is 0 Å². The zero-order valence-corrected chi connectivity index (χ0v) is 15.2. The fraction of sp³-hybridized carbons (Fsp3) is 0.136. The molecular weight excluding hydrogens is 340 g/mol. The van der Waals surface area contributed by atoms with Gasteiger partial charge in [0.1, 0.15) is 17.7 Å². The van der Waals surface area contributed by atoms with E-state index in [1.807, 2.05) is 72.8 Å². The number of carbonyl (C=O) groups is 1. The van der Waals surface area contributed by atoms with Crippen LogP contribution >= 0.6 is 0 Å². The van der Waals surface area contributed by atoms with Crippen LogP contribution in [0, 0.1) is 0 Å². The minimum Gasteiger partial charge on any atom is -0.497 e. The minimum atomic E-state index is -0.407. The molecule has 0 aliphatic carbocycles. The number of hydrogen-bond acceptors (Lipinski definition) is 4. The Kier molecular flexibility index (Phi) is 4.42. The lowest BCUT2D eigenvalue weighted by molar-refractivity contribution is 0.0974. The van der Waals surface area contributed by atoms with Crippen molar-refractivity contribution < 1.29 is 14.3 Å². The van der Waals surface area contributed by atoms with E-state index in [-0.39, 0.29) is 5.91 Å². The largest absolute Gasteiger partial charge is 0.497 e. The Morgan fingerprint density at radius 2 is 1.63 bits per heavy atom. The van der Waals surface area contributed by atoms with Gasteiger partial charge in [0.15, 0.2) is 0 Å². The molecule has 27 heavy (non-hydrogen) atoms. The van der Waals surface area contributed by atoms with E-state index in [4.69, 9.17) is 9.47 Å². The topological polar surface area (TPSA) is 50.8 Å². The second-order valence-corrected chi connectivity index (χ2v) is 6.21. The van der Waals surface area contributed by atoms with Crippen LogP contribution in [0.25, 0.3) is 0 Å². The predicted molar refractivity (Wildman–Crippen MR) is 106 cm³/mol. The summed E-state index contributed by atoms with van der Waals surface area (Å²) in [6.45, 7) is 0. The quantitative estimate of drug-likeness (QED) is 0.746. The lowest BCUT2D eigenvalue weighted by atomic mass is 10.0. The summed E-state index contributed by atoms with van der Waals surface area (Å²) in [6.07, 6.45) is -0.407. The third-order valence-corrected chi connectivity index (χ3v) is 4.70. The van der Waals surface area contributed by atoms with Gasteiger partial charge in [0, 0.05) is 23.0 Å². The number of methoxy groups -OCH3 is 2. The number of anilines is 2. The summed E-state index contributed by atoms with van der Waals surface area (Å²) in [5.74, 6) is 1.29. The van der Waals surface area contributed by atoms with E-state index in [1.54, 1.807) is 19.1 Å². The third kappa shape index (κ3) is 2.97. The van der Waals surface area contributed by atoms with Crippen molar-refractivity contribution in [3.8, 4) is 11.5 Å². The molecule has 4 rings (SSSR count). The van der Waals surface area contributed by atoms with Gasteiger partial charge in [-0.05, 0) is 36.4 Å². The van der Waals surface area contributed by atoms with E-state index in [0.29, 0.717) is 17.1 Å². The number of ether oxygens (including phenoxy) is 2. The lowest BCUT2D eigenvalue weighted by Crippen LogP contribution is -2.43. The first-order valence-corrected chi connectivity index (χ1v) is 8.69. The highest BCUT2D eigenvalue weighted by atomic mass is 16.5. The van der Waals surface area contributed by atoms with Gasteiger partial charge in [-0.15, -0.1) is 0 Å². The second-order valence-electron chi connectivity index (χ2n) is 6.21. The Morgan fingerprint density at radius 1 is 0.889 bits per heavy atom. The molecule has 0 saturated carbocycles. The van der Waals surface area contributed by atoms with Crippen LogP contribution < -0.4 is 19.7 Å². The Labute approximate surface area is 158 Å². The Balaban J connectivity index is 1.88. The van der Waals surface area contributed by atoms with Gasteiger partial charge in [0.05, 0.1) is 19.8 Å². The molecule has 0 aromatic heterocycles. The van der Waals surface area contributed by atoms with E-state index in [9.17, 15) is 4.79 Å². The third-order valence-electron chi connectivity index (χ3n) is 4.70. The number of amides is 1.